The molecule has 2 rings (SSSR count). The molecule has 1 amide bonds. The molecule has 0 spiro atoms. The Hall–Kier alpha value is -1.48. The molecule has 0 unspecified atom stereocenters. The van der Waals surface area contributed by atoms with Gasteiger partial charge in [0.1, 0.15) is 0 Å². The van der Waals surface area contributed by atoms with Crippen LogP contribution in [-0.2, 0) is 11.2 Å². The van der Waals surface area contributed by atoms with Crippen molar-refractivity contribution >= 4 is 28.4 Å². The third-order valence-corrected chi connectivity index (χ3v) is 3.90. The normalized spacial score (nSPS) is 10.6. The molecule has 0 heterocycles. The molecule has 100 valence electrons. The summed E-state index contributed by atoms with van der Waals surface area (Å²) in [5.41, 5.74) is 1.30. The van der Waals surface area contributed by atoms with Crippen LogP contribution in [0.25, 0.3) is 10.8 Å². The molecule has 3 heteroatoms. The van der Waals surface area contributed by atoms with E-state index in [2.05, 4.69) is 48.6 Å². The van der Waals surface area contributed by atoms with Crippen LogP contribution >= 0.6 is 11.8 Å². The highest BCUT2D eigenvalue weighted by Gasteiger charge is 2.03. The average Bonchev–Trinajstić information content (AvgIpc) is 2.39. The SMILES string of the molecule is CCSc1ccc2cccc(CCNC(C)=O)c2c1. The predicted octanol–water partition coefficient (Wildman–Crippen LogP) is 3.63. The molecule has 0 saturated carbocycles. The van der Waals surface area contributed by atoms with Crippen LogP contribution < -0.4 is 5.32 Å². The second-order valence-corrected chi connectivity index (χ2v) is 5.80. The van der Waals surface area contributed by atoms with Gasteiger partial charge in [-0.05, 0) is 40.6 Å². The average molecular weight is 273 g/mol. The van der Waals surface area contributed by atoms with Crippen molar-refractivity contribution in [2.24, 2.45) is 0 Å². The minimum atomic E-state index is 0.0301. The van der Waals surface area contributed by atoms with E-state index in [-0.39, 0.29) is 5.91 Å². The molecular weight excluding hydrogens is 254 g/mol. The Morgan fingerprint density at radius 2 is 2.11 bits per heavy atom. The zero-order chi connectivity index (χ0) is 13.7. The number of fused-ring (bicyclic) bond motifs is 1. The number of hydrogen-bond donors (Lipinski definition) is 1. The number of hydrogen-bond acceptors (Lipinski definition) is 2. The fourth-order valence-electron chi connectivity index (χ4n) is 2.16. The lowest BCUT2D eigenvalue weighted by atomic mass is 10.0. The molecule has 0 saturated heterocycles. The maximum Gasteiger partial charge on any atom is 0.216 e. The molecule has 0 aliphatic heterocycles. The highest BCUT2D eigenvalue weighted by Crippen LogP contribution is 2.26. The quantitative estimate of drug-likeness (QED) is 0.843. The van der Waals surface area contributed by atoms with Crippen molar-refractivity contribution in [2.75, 3.05) is 12.3 Å². The Balaban J connectivity index is 2.26. The van der Waals surface area contributed by atoms with Gasteiger partial charge in [-0.25, -0.2) is 0 Å². The van der Waals surface area contributed by atoms with Crippen LogP contribution in [0.15, 0.2) is 41.3 Å². The summed E-state index contributed by atoms with van der Waals surface area (Å²) in [5, 5.41) is 5.42. The Kier molecular flexibility index (Phi) is 4.86. The van der Waals surface area contributed by atoms with E-state index < -0.39 is 0 Å². The number of carbonyl (C=O) groups excluding carboxylic acids is 1. The third kappa shape index (κ3) is 3.74. The molecular formula is C16H19NOS. The lowest BCUT2D eigenvalue weighted by Gasteiger charge is -2.09. The Labute approximate surface area is 118 Å². The molecule has 0 aliphatic carbocycles. The van der Waals surface area contributed by atoms with Crippen LogP contribution in [0, 0.1) is 0 Å². The number of benzene rings is 2. The van der Waals surface area contributed by atoms with E-state index in [0.717, 1.165) is 12.2 Å². The maximum absolute atomic E-state index is 10.9. The summed E-state index contributed by atoms with van der Waals surface area (Å²) in [5.74, 6) is 1.11. The standard InChI is InChI=1S/C16H19NOS/c1-3-19-15-8-7-13-5-4-6-14(16(13)11-15)9-10-17-12(2)18/h4-8,11H,3,9-10H2,1-2H3,(H,17,18). The summed E-state index contributed by atoms with van der Waals surface area (Å²) in [7, 11) is 0. The summed E-state index contributed by atoms with van der Waals surface area (Å²) in [6.45, 7) is 4.41. The molecule has 19 heavy (non-hydrogen) atoms. The molecule has 2 aromatic rings. The van der Waals surface area contributed by atoms with Gasteiger partial charge < -0.3 is 5.32 Å². The lowest BCUT2D eigenvalue weighted by Crippen LogP contribution is -2.22. The van der Waals surface area contributed by atoms with Crippen LogP contribution in [0.1, 0.15) is 19.4 Å². The van der Waals surface area contributed by atoms with Gasteiger partial charge in [0.15, 0.2) is 0 Å². The highest BCUT2D eigenvalue weighted by atomic mass is 32.2. The number of nitrogens with one attached hydrogen (secondary N) is 1. The molecule has 0 fully saturated rings. The molecule has 0 radical (unpaired) electrons. The highest BCUT2D eigenvalue weighted by molar-refractivity contribution is 7.99. The van der Waals surface area contributed by atoms with E-state index >= 15 is 0 Å². The molecule has 1 N–H and O–H groups in total. The number of amides is 1. The van der Waals surface area contributed by atoms with E-state index in [1.165, 1.54) is 21.2 Å². The fourth-order valence-corrected chi connectivity index (χ4v) is 2.86. The van der Waals surface area contributed by atoms with Gasteiger partial charge in [0.25, 0.3) is 0 Å². The number of rotatable bonds is 5. The van der Waals surface area contributed by atoms with Gasteiger partial charge in [-0.3, -0.25) is 4.79 Å². The number of carbonyl (C=O) groups is 1. The summed E-state index contributed by atoms with van der Waals surface area (Å²) in [6.07, 6.45) is 0.872. The van der Waals surface area contributed by atoms with Crippen LogP contribution in [0.4, 0.5) is 0 Å². The van der Waals surface area contributed by atoms with Crippen molar-refractivity contribution in [1.82, 2.24) is 5.32 Å². The Morgan fingerprint density at radius 1 is 1.26 bits per heavy atom. The smallest absolute Gasteiger partial charge is 0.216 e. The first-order valence-corrected chi connectivity index (χ1v) is 7.58. The zero-order valence-corrected chi connectivity index (χ0v) is 12.2. The second kappa shape index (κ2) is 6.62. The molecule has 0 bridgehead atoms. The zero-order valence-electron chi connectivity index (χ0n) is 11.4. The van der Waals surface area contributed by atoms with Gasteiger partial charge in [-0.2, -0.15) is 0 Å². The van der Waals surface area contributed by atoms with Crippen molar-refractivity contribution < 1.29 is 4.79 Å². The van der Waals surface area contributed by atoms with Crippen LogP contribution in [-0.4, -0.2) is 18.2 Å². The van der Waals surface area contributed by atoms with Crippen LogP contribution in [0.5, 0.6) is 0 Å². The lowest BCUT2D eigenvalue weighted by molar-refractivity contribution is -0.118. The first-order chi connectivity index (χ1) is 9.20. The minimum Gasteiger partial charge on any atom is -0.356 e. The Morgan fingerprint density at radius 3 is 2.84 bits per heavy atom. The third-order valence-electron chi connectivity index (χ3n) is 3.02. The summed E-state index contributed by atoms with van der Waals surface area (Å²) in [6, 6.07) is 13.0. The minimum absolute atomic E-state index is 0.0301. The maximum atomic E-state index is 10.9. The van der Waals surface area contributed by atoms with Crippen LogP contribution in [0.3, 0.4) is 0 Å². The van der Waals surface area contributed by atoms with Gasteiger partial charge in [0.05, 0.1) is 0 Å². The molecule has 0 atom stereocenters. The molecule has 0 aromatic heterocycles. The van der Waals surface area contributed by atoms with Crippen molar-refractivity contribution in [3.63, 3.8) is 0 Å². The van der Waals surface area contributed by atoms with E-state index in [9.17, 15) is 4.79 Å². The number of thioether (sulfide) groups is 1. The topological polar surface area (TPSA) is 29.1 Å². The van der Waals surface area contributed by atoms with Crippen molar-refractivity contribution in [1.29, 1.82) is 0 Å². The summed E-state index contributed by atoms with van der Waals surface area (Å²) < 4.78 is 0. The van der Waals surface area contributed by atoms with Crippen molar-refractivity contribution in [3.05, 3.63) is 42.0 Å². The van der Waals surface area contributed by atoms with Gasteiger partial charge >= 0.3 is 0 Å². The van der Waals surface area contributed by atoms with E-state index in [0.29, 0.717) is 6.54 Å². The molecule has 2 nitrogen and oxygen atoms in total. The monoisotopic (exact) mass is 273 g/mol. The Bertz CT molecular complexity index is 580. The van der Waals surface area contributed by atoms with Crippen molar-refractivity contribution in [2.45, 2.75) is 25.2 Å². The van der Waals surface area contributed by atoms with Gasteiger partial charge in [0, 0.05) is 18.4 Å². The largest absolute Gasteiger partial charge is 0.356 e. The predicted molar refractivity (Wildman–Crippen MR) is 82.7 cm³/mol. The van der Waals surface area contributed by atoms with Crippen LogP contribution in [0.2, 0.25) is 0 Å². The first-order valence-electron chi connectivity index (χ1n) is 6.59. The fraction of sp³-hybridized carbons (Fsp3) is 0.312. The van der Waals surface area contributed by atoms with Gasteiger partial charge in [0.2, 0.25) is 5.91 Å². The van der Waals surface area contributed by atoms with E-state index in [1.54, 1.807) is 6.92 Å². The second-order valence-electron chi connectivity index (χ2n) is 4.47. The summed E-state index contributed by atoms with van der Waals surface area (Å²) >= 11 is 1.86. The van der Waals surface area contributed by atoms with Gasteiger partial charge in [-0.1, -0.05) is 31.2 Å². The van der Waals surface area contributed by atoms with E-state index in [4.69, 9.17) is 0 Å². The van der Waals surface area contributed by atoms with Gasteiger partial charge in [-0.15, -0.1) is 11.8 Å². The first kappa shape index (κ1) is 13.9. The molecule has 0 aliphatic rings. The van der Waals surface area contributed by atoms with Crippen molar-refractivity contribution in [3.8, 4) is 0 Å². The van der Waals surface area contributed by atoms with E-state index in [1.807, 2.05) is 11.8 Å². The molecule has 2 aromatic carbocycles. The summed E-state index contributed by atoms with van der Waals surface area (Å²) in [4.78, 5) is 12.2.